The molecule has 0 bridgehead atoms. The Morgan fingerprint density at radius 1 is 0.537 bits per heavy atom. The van der Waals surface area contributed by atoms with Crippen molar-refractivity contribution in [3.63, 3.8) is 0 Å². The van der Waals surface area contributed by atoms with Gasteiger partial charge in [-0.2, -0.15) is 5.26 Å². The number of fused-ring (bicyclic) bond motifs is 10. The van der Waals surface area contributed by atoms with Crippen LogP contribution >= 0.6 is 0 Å². The van der Waals surface area contributed by atoms with Crippen LogP contribution in [0.5, 0.6) is 0 Å². The first-order valence-electron chi connectivity index (χ1n) is 13.7. The largest absolute Gasteiger partial charge is 0.455 e. The van der Waals surface area contributed by atoms with Crippen molar-refractivity contribution < 1.29 is 23.0 Å². The van der Waals surface area contributed by atoms with E-state index in [0.29, 0.717) is 5.56 Å². The third kappa shape index (κ3) is 2.92. The van der Waals surface area contributed by atoms with E-state index in [1.54, 1.807) is 0 Å². The third-order valence-electron chi connectivity index (χ3n) is 8.36. The van der Waals surface area contributed by atoms with Crippen molar-refractivity contribution in [3.8, 4) is 17.4 Å². The van der Waals surface area contributed by atoms with Crippen LogP contribution in [0.1, 0.15) is 24.1 Å². The molecule has 0 aliphatic heterocycles. The molecular formula is C37H47N3O. The van der Waals surface area contributed by atoms with Gasteiger partial charge in [-0.1, -0.05) is 66.7 Å². The van der Waals surface area contributed by atoms with E-state index in [-0.39, 0.29) is 18.5 Å². The molecule has 0 N–H and O–H groups in total. The smallest absolute Gasteiger partial charge is 0.145 e. The van der Waals surface area contributed by atoms with E-state index in [0.717, 1.165) is 76.9 Å². The number of hydrogen-bond acceptors (Lipinski definition) is 2. The predicted molar refractivity (Wildman–Crippen MR) is 195 cm³/mol. The summed E-state index contributed by atoms with van der Waals surface area (Å²) in [6.07, 6.45) is 0. The molecule has 0 saturated carbocycles. The first-order chi connectivity index (χ1) is 20.3. The minimum Gasteiger partial charge on any atom is -0.455 e. The van der Waals surface area contributed by atoms with Gasteiger partial charge in [0.25, 0.3) is 0 Å². The number of hydrogen-bond donors (Lipinski definition) is 0. The molecule has 9 rings (SSSR count). The molecule has 0 radical (unpaired) electrons. The van der Waals surface area contributed by atoms with Crippen LogP contribution in [-0.4, -0.2) is 9.13 Å². The summed E-state index contributed by atoms with van der Waals surface area (Å²) in [5.74, 6) is 0. The van der Waals surface area contributed by atoms with Crippen molar-refractivity contribution in [2.24, 2.45) is 0 Å². The zero-order chi connectivity index (χ0) is 27.1. The van der Waals surface area contributed by atoms with Gasteiger partial charge >= 0.3 is 0 Å². The second-order valence-corrected chi connectivity index (χ2v) is 10.5. The van der Waals surface area contributed by atoms with Crippen LogP contribution < -0.4 is 0 Å². The minimum absolute atomic E-state index is 0. The molecule has 0 saturated heterocycles. The summed E-state index contributed by atoms with van der Waals surface area (Å²) in [5, 5.41) is 16.7. The molecule has 216 valence electrons. The number of furan rings is 1. The highest BCUT2D eigenvalue weighted by Crippen LogP contribution is 2.41. The van der Waals surface area contributed by atoms with E-state index >= 15 is 0 Å². The lowest BCUT2D eigenvalue weighted by Gasteiger charge is -2.11. The van der Waals surface area contributed by atoms with Crippen LogP contribution in [0.15, 0.2) is 132 Å². The maximum Gasteiger partial charge on any atom is 0.145 e. The van der Waals surface area contributed by atoms with E-state index in [9.17, 15) is 5.26 Å². The SMILES string of the molecule is N#Cc1ccccc1-n1c2ccccc2c2cc(-n3c4ccccc4c4c5oc6ccccc6c5ccc43)ccc21.[HH].[HH].[HH].[HH].[HH].[HH].[HH].[HH].[HH].[HH].[HH].[HH].[HH]. The van der Waals surface area contributed by atoms with E-state index in [1.165, 1.54) is 0 Å². The first-order valence-corrected chi connectivity index (χ1v) is 13.7. The molecule has 4 heteroatoms. The highest BCUT2D eigenvalue weighted by Gasteiger charge is 2.20. The van der Waals surface area contributed by atoms with Crippen molar-refractivity contribution in [3.05, 3.63) is 133 Å². The molecule has 9 aromatic rings. The van der Waals surface area contributed by atoms with E-state index in [1.807, 2.05) is 36.4 Å². The second-order valence-electron chi connectivity index (χ2n) is 10.5. The van der Waals surface area contributed by atoms with E-state index < -0.39 is 0 Å². The molecule has 0 unspecified atom stereocenters. The molecule has 6 aromatic carbocycles. The van der Waals surface area contributed by atoms with Crippen molar-refractivity contribution in [2.45, 2.75) is 0 Å². The van der Waals surface area contributed by atoms with Crippen LogP contribution in [0.25, 0.3) is 76.9 Å². The Morgan fingerprint density at radius 2 is 1.20 bits per heavy atom. The lowest BCUT2D eigenvalue weighted by atomic mass is 10.1. The van der Waals surface area contributed by atoms with Gasteiger partial charge in [-0.05, 0) is 60.7 Å². The molecule has 4 nitrogen and oxygen atoms in total. The number of rotatable bonds is 2. The monoisotopic (exact) mass is 549 g/mol. The number of aromatic nitrogens is 2. The van der Waals surface area contributed by atoms with Gasteiger partial charge in [0.2, 0.25) is 0 Å². The molecule has 0 amide bonds. The second kappa shape index (κ2) is 8.11. The molecule has 0 atom stereocenters. The highest BCUT2D eigenvalue weighted by atomic mass is 16.3. The zero-order valence-electron chi connectivity index (χ0n) is 21.9. The normalized spacial score (nSPS) is 11.9. The van der Waals surface area contributed by atoms with Gasteiger partial charge in [-0.3, -0.25) is 0 Å². The van der Waals surface area contributed by atoms with Gasteiger partial charge in [0.1, 0.15) is 17.2 Å². The van der Waals surface area contributed by atoms with Crippen molar-refractivity contribution in [1.82, 2.24) is 9.13 Å². The Labute approximate surface area is 253 Å². The zero-order valence-corrected chi connectivity index (χ0v) is 21.9. The molecule has 0 aliphatic carbocycles. The van der Waals surface area contributed by atoms with Crippen LogP contribution in [0.2, 0.25) is 0 Å². The molecule has 3 aromatic heterocycles. The van der Waals surface area contributed by atoms with Crippen LogP contribution in [0.4, 0.5) is 0 Å². The number of nitrogens with zero attached hydrogens (tertiary/aromatic N) is 3. The maximum absolute atomic E-state index is 9.88. The third-order valence-corrected chi connectivity index (χ3v) is 8.36. The summed E-state index contributed by atoms with van der Waals surface area (Å²) < 4.78 is 11.0. The van der Waals surface area contributed by atoms with Gasteiger partial charge in [-0.15, -0.1) is 0 Å². The quantitative estimate of drug-likeness (QED) is 0.215. The fraction of sp³-hybridized carbons (Fsp3) is 0. The van der Waals surface area contributed by atoms with Gasteiger partial charge in [0.05, 0.1) is 38.7 Å². The topological polar surface area (TPSA) is 46.8 Å². The molecule has 41 heavy (non-hydrogen) atoms. The van der Waals surface area contributed by atoms with E-state index in [2.05, 4.69) is 106 Å². The average molecular weight is 550 g/mol. The summed E-state index contributed by atoms with van der Waals surface area (Å²) in [7, 11) is 0. The lowest BCUT2D eigenvalue weighted by Crippen LogP contribution is -1.98. The number of nitriles is 1. The number of benzene rings is 6. The van der Waals surface area contributed by atoms with Gasteiger partial charge in [0.15, 0.2) is 0 Å². The fourth-order valence-corrected chi connectivity index (χ4v) is 6.64. The molecule has 3 heterocycles. The summed E-state index contributed by atoms with van der Waals surface area (Å²) in [6, 6.07) is 46.4. The molecule has 0 aliphatic rings. The molecular weight excluding hydrogens is 502 g/mol. The Morgan fingerprint density at radius 3 is 2.05 bits per heavy atom. The maximum atomic E-state index is 9.88. The van der Waals surface area contributed by atoms with Gasteiger partial charge in [-0.25, -0.2) is 0 Å². The van der Waals surface area contributed by atoms with Crippen LogP contribution in [0, 0.1) is 11.3 Å². The highest BCUT2D eigenvalue weighted by molar-refractivity contribution is 6.24. The van der Waals surface area contributed by atoms with Crippen molar-refractivity contribution in [2.75, 3.05) is 0 Å². The Bertz CT molecular complexity index is 2600. The first kappa shape index (κ1) is 22.1. The average Bonchev–Trinajstić information content (AvgIpc) is 3.68. The van der Waals surface area contributed by atoms with Crippen molar-refractivity contribution in [1.29, 1.82) is 5.26 Å². The lowest BCUT2D eigenvalue weighted by molar-refractivity contribution is 0.673. The van der Waals surface area contributed by atoms with Gasteiger partial charge < -0.3 is 13.6 Å². The molecule has 0 fully saturated rings. The minimum atomic E-state index is 0. The van der Waals surface area contributed by atoms with E-state index in [4.69, 9.17) is 4.42 Å². The Kier molecular flexibility index (Phi) is 4.37. The fourth-order valence-electron chi connectivity index (χ4n) is 6.64. The van der Waals surface area contributed by atoms with Crippen LogP contribution in [0.3, 0.4) is 0 Å². The Hall–Kier alpha value is -5.79. The Balaban J connectivity index is -0.000000616. The summed E-state index contributed by atoms with van der Waals surface area (Å²) in [5.41, 5.74) is 8.82. The summed E-state index contributed by atoms with van der Waals surface area (Å²) in [4.78, 5) is 0. The number of para-hydroxylation sites is 4. The van der Waals surface area contributed by atoms with Crippen LogP contribution in [-0.2, 0) is 0 Å². The summed E-state index contributed by atoms with van der Waals surface area (Å²) >= 11 is 0. The predicted octanol–water partition coefficient (Wildman–Crippen LogP) is 12.8. The van der Waals surface area contributed by atoms with Gasteiger partial charge in [0, 0.05) is 51.2 Å². The van der Waals surface area contributed by atoms with Crippen molar-refractivity contribution >= 4 is 65.6 Å². The standard InChI is InChI=1S/C37H21N3O.13H2/c38-22-23-9-1-5-13-30(23)40-31-14-6-2-10-25(31)29-21-24(17-19-33(29)40)39-32-15-7-3-12-28(32)36-34(39)20-18-27-26-11-4-8-16-35(26)41-37(27)36;;;;;;;;;;;;;/h1-21H;13*1H. The molecule has 0 spiro atoms. The summed E-state index contributed by atoms with van der Waals surface area (Å²) in [6.45, 7) is 0.